The van der Waals surface area contributed by atoms with Gasteiger partial charge in [0.1, 0.15) is 6.04 Å². The number of para-hydroxylation sites is 1. The highest BCUT2D eigenvalue weighted by Gasteiger charge is 2.16. The zero-order valence-electron chi connectivity index (χ0n) is 15.4. The molecule has 0 aliphatic rings. The van der Waals surface area contributed by atoms with Crippen LogP contribution in [0.3, 0.4) is 0 Å². The molecule has 27 heavy (non-hydrogen) atoms. The average Bonchev–Trinajstić information content (AvgIpc) is 2.71. The van der Waals surface area contributed by atoms with Crippen LogP contribution in [0.2, 0.25) is 0 Å². The minimum absolute atomic E-state index is 0.123. The second-order valence-corrected chi connectivity index (χ2v) is 6.38. The fourth-order valence-corrected chi connectivity index (χ4v) is 3.14. The Labute approximate surface area is 158 Å². The molecule has 5 heteroatoms. The molecule has 1 amide bonds. The molecule has 0 radical (unpaired) electrons. The van der Waals surface area contributed by atoms with Gasteiger partial charge in [-0.15, -0.1) is 0 Å². The Hall–Kier alpha value is -3.18. The summed E-state index contributed by atoms with van der Waals surface area (Å²) in [4.78, 5) is 24.2. The third-order valence-corrected chi connectivity index (χ3v) is 4.58. The molecule has 3 aromatic carbocycles. The number of carbonyl (C=O) groups is 2. The maximum atomic E-state index is 12.4. The topological polar surface area (TPSA) is 72.0 Å². The van der Waals surface area contributed by atoms with Gasteiger partial charge in [0.05, 0.1) is 18.4 Å². The van der Waals surface area contributed by atoms with E-state index in [9.17, 15) is 9.59 Å². The molecule has 5 nitrogen and oxygen atoms in total. The Kier molecular flexibility index (Phi) is 5.84. The fourth-order valence-electron chi connectivity index (χ4n) is 3.14. The van der Waals surface area contributed by atoms with Crippen molar-refractivity contribution in [3.8, 4) is 0 Å². The van der Waals surface area contributed by atoms with Crippen molar-refractivity contribution in [2.75, 3.05) is 19.0 Å². The van der Waals surface area contributed by atoms with E-state index in [0.717, 1.165) is 0 Å². The van der Waals surface area contributed by atoms with E-state index in [0.29, 0.717) is 11.3 Å². The molecule has 0 fully saturated rings. The Morgan fingerprint density at radius 1 is 1.00 bits per heavy atom. The molecule has 0 aliphatic carbocycles. The van der Waals surface area contributed by atoms with Crippen molar-refractivity contribution in [3.05, 3.63) is 77.9 Å². The van der Waals surface area contributed by atoms with Gasteiger partial charge in [-0.3, -0.25) is 4.79 Å². The predicted molar refractivity (Wildman–Crippen MR) is 106 cm³/mol. The maximum absolute atomic E-state index is 12.4. The Morgan fingerprint density at radius 2 is 1.70 bits per heavy atom. The third-order valence-electron chi connectivity index (χ3n) is 4.58. The molecule has 138 valence electrons. The molecule has 0 heterocycles. The molecule has 0 aliphatic heterocycles. The number of anilines is 1. The second kappa shape index (κ2) is 8.47. The summed E-state index contributed by atoms with van der Waals surface area (Å²) in [5.41, 5.74) is 1.99. The van der Waals surface area contributed by atoms with Gasteiger partial charge < -0.3 is 15.4 Å². The lowest BCUT2D eigenvalue weighted by molar-refractivity contribution is -0.682. The first kappa shape index (κ1) is 18.6. The number of amides is 1. The van der Waals surface area contributed by atoms with Crippen LogP contribution in [-0.2, 0) is 9.53 Å². The van der Waals surface area contributed by atoms with E-state index in [-0.39, 0.29) is 18.5 Å². The number of benzene rings is 3. The number of ether oxygens (including phenoxy) is 1. The van der Waals surface area contributed by atoms with E-state index in [1.54, 1.807) is 24.3 Å². The molecule has 3 aromatic rings. The number of nitrogens with one attached hydrogen (secondary N) is 1. The van der Waals surface area contributed by atoms with E-state index >= 15 is 0 Å². The summed E-state index contributed by atoms with van der Waals surface area (Å²) in [6.07, 6.45) is 0. The van der Waals surface area contributed by atoms with Crippen LogP contribution in [-0.4, -0.2) is 25.5 Å². The normalized spacial score (nSPS) is 11.8. The highest BCUT2D eigenvalue weighted by Crippen LogP contribution is 2.22. The lowest BCUT2D eigenvalue weighted by atomic mass is 10.00. The van der Waals surface area contributed by atoms with Gasteiger partial charge in [0, 0.05) is 5.56 Å². The van der Waals surface area contributed by atoms with Crippen LogP contribution in [0.15, 0.2) is 66.7 Å². The van der Waals surface area contributed by atoms with Crippen LogP contribution in [0.4, 0.5) is 5.69 Å². The summed E-state index contributed by atoms with van der Waals surface area (Å²) in [6.45, 7) is 2.33. The van der Waals surface area contributed by atoms with Gasteiger partial charge in [-0.1, -0.05) is 54.6 Å². The molecule has 0 spiro atoms. The average molecular weight is 363 g/mol. The molecule has 0 saturated carbocycles. The van der Waals surface area contributed by atoms with Crippen molar-refractivity contribution in [2.24, 2.45) is 0 Å². The summed E-state index contributed by atoms with van der Waals surface area (Å²) in [7, 11) is 1.32. The summed E-state index contributed by atoms with van der Waals surface area (Å²) in [5, 5.41) is 7.16. The molecule has 3 rings (SSSR count). The van der Waals surface area contributed by atoms with Crippen molar-refractivity contribution in [2.45, 2.75) is 13.0 Å². The zero-order valence-corrected chi connectivity index (χ0v) is 15.4. The molecule has 1 atom stereocenters. The first-order valence-electron chi connectivity index (χ1n) is 8.88. The minimum atomic E-state index is -0.473. The Balaban J connectivity index is 1.67. The van der Waals surface area contributed by atoms with Gasteiger partial charge in [-0.25, -0.2) is 4.79 Å². The van der Waals surface area contributed by atoms with Crippen LogP contribution >= 0.6 is 0 Å². The molecule has 0 aromatic heterocycles. The number of quaternary nitrogens is 1. The van der Waals surface area contributed by atoms with Crippen LogP contribution in [0.25, 0.3) is 10.8 Å². The Morgan fingerprint density at radius 3 is 2.52 bits per heavy atom. The smallest absolute Gasteiger partial charge is 0.339 e. The van der Waals surface area contributed by atoms with Gasteiger partial charge in [-0.05, 0) is 29.8 Å². The van der Waals surface area contributed by atoms with E-state index < -0.39 is 5.97 Å². The number of rotatable bonds is 6. The predicted octanol–water partition coefficient (Wildman–Crippen LogP) is 2.89. The van der Waals surface area contributed by atoms with Crippen LogP contribution in [0, 0.1) is 0 Å². The van der Waals surface area contributed by atoms with Crippen LogP contribution < -0.4 is 10.6 Å². The van der Waals surface area contributed by atoms with Gasteiger partial charge in [0.15, 0.2) is 6.54 Å². The van der Waals surface area contributed by atoms with E-state index in [2.05, 4.69) is 36.5 Å². The molecule has 0 unspecified atom stereocenters. The SMILES string of the molecule is COC(=O)c1ccccc1NC(=O)C[NH2+][C@@H](C)c1cccc2ccccc12. The highest BCUT2D eigenvalue weighted by atomic mass is 16.5. The monoisotopic (exact) mass is 363 g/mol. The molecule has 3 N–H and O–H groups in total. The fraction of sp³-hybridized carbons (Fsp3) is 0.182. The molecular weight excluding hydrogens is 340 g/mol. The lowest BCUT2D eigenvalue weighted by Gasteiger charge is -2.14. The quantitative estimate of drug-likeness (QED) is 0.662. The van der Waals surface area contributed by atoms with E-state index in [4.69, 9.17) is 4.74 Å². The zero-order chi connectivity index (χ0) is 19.2. The largest absolute Gasteiger partial charge is 0.465 e. The Bertz CT molecular complexity index is 963. The van der Waals surface area contributed by atoms with Crippen LogP contribution in [0.1, 0.15) is 28.9 Å². The standard InChI is InChI=1S/C22H22N2O3/c1-15(17-12-7-9-16-8-3-4-10-18(16)17)23-14-21(25)24-20-13-6-5-11-19(20)22(26)27-2/h3-13,15,23H,14H2,1-2H3,(H,24,25)/p+1/t15-/m0/s1. The maximum Gasteiger partial charge on any atom is 0.339 e. The number of carbonyl (C=O) groups excluding carboxylic acids is 2. The molecule has 0 saturated heterocycles. The van der Waals surface area contributed by atoms with Crippen molar-refractivity contribution in [1.29, 1.82) is 0 Å². The summed E-state index contributed by atoms with van der Waals surface area (Å²) in [6, 6.07) is 21.4. The van der Waals surface area contributed by atoms with E-state index in [1.165, 1.54) is 23.4 Å². The lowest BCUT2D eigenvalue weighted by Crippen LogP contribution is -2.86. The first-order valence-corrected chi connectivity index (χ1v) is 8.88. The van der Waals surface area contributed by atoms with Crippen LogP contribution in [0.5, 0.6) is 0 Å². The third kappa shape index (κ3) is 4.33. The van der Waals surface area contributed by atoms with Crippen molar-refractivity contribution < 1.29 is 19.6 Å². The highest BCUT2D eigenvalue weighted by molar-refractivity contribution is 6.01. The first-order chi connectivity index (χ1) is 13.1. The number of nitrogens with two attached hydrogens (primary N) is 1. The van der Waals surface area contributed by atoms with Crippen molar-refractivity contribution >= 4 is 28.3 Å². The number of esters is 1. The number of hydrogen-bond donors (Lipinski definition) is 2. The summed E-state index contributed by atoms with van der Waals surface area (Å²) < 4.78 is 4.76. The number of hydrogen-bond acceptors (Lipinski definition) is 3. The van der Waals surface area contributed by atoms with Crippen molar-refractivity contribution in [1.82, 2.24) is 0 Å². The minimum Gasteiger partial charge on any atom is -0.465 e. The summed E-state index contributed by atoms with van der Waals surface area (Å²) >= 11 is 0. The van der Waals surface area contributed by atoms with Crippen molar-refractivity contribution in [3.63, 3.8) is 0 Å². The van der Waals surface area contributed by atoms with Gasteiger partial charge in [0.2, 0.25) is 0 Å². The molecular formula is C22H23N2O3+. The number of fused-ring (bicyclic) bond motifs is 1. The van der Waals surface area contributed by atoms with Gasteiger partial charge in [-0.2, -0.15) is 0 Å². The molecule has 0 bridgehead atoms. The van der Waals surface area contributed by atoms with E-state index in [1.807, 2.05) is 23.5 Å². The van der Waals surface area contributed by atoms with Gasteiger partial charge in [0.25, 0.3) is 5.91 Å². The van der Waals surface area contributed by atoms with Gasteiger partial charge >= 0.3 is 5.97 Å². The summed E-state index contributed by atoms with van der Waals surface area (Å²) in [5.74, 6) is -0.641. The number of methoxy groups -OCH3 is 1. The second-order valence-electron chi connectivity index (χ2n) is 6.38.